The molecule has 5 aliphatic rings. The number of likely N-dealkylation sites (tertiary alicyclic amines) is 1. The molecule has 4 fully saturated rings. The number of aliphatic imine (C=N–C) groups is 2. The number of allylic oxidation sites excluding steroid dienone is 1. The first-order chi connectivity index (χ1) is 34.4. The van der Waals surface area contributed by atoms with Crippen molar-refractivity contribution < 1.29 is 13.8 Å². The summed E-state index contributed by atoms with van der Waals surface area (Å²) in [6, 6.07) is 12.5. The van der Waals surface area contributed by atoms with Crippen molar-refractivity contribution in [1.29, 1.82) is 0 Å². The first kappa shape index (κ1) is 55.1. The number of nitrogens with zero attached hydrogens (tertiary/aromatic N) is 11. The number of anilines is 3. The average Bonchev–Trinajstić information content (AvgIpc) is 3.71. The molecule has 4 saturated heterocycles. The molecule has 5 aliphatic heterocycles. The molecule has 2 unspecified atom stereocenters. The number of hydrogen-bond donors (Lipinski definition) is 2. The molecular formula is C53H81N13O3S2. The Morgan fingerprint density at radius 2 is 1.28 bits per heavy atom. The lowest BCUT2D eigenvalue weighted by Gasteiger charge is -2.47. The third-order valence-corrected chi connectivity index (χ3v) is 20.1. The first-order valence-corrected chi connectivity index (χ1v) is 29.0. The predicted octanol–water partition coefficient (Wildman–Crippen LogP) is 5.99. The van der Waals surface area contributed by atoms with Crippen LogP contribution in [0.2, 0.25) is 0 Å². The number of carbonyl (C=O) groups excluding carboxylic acids is 2. The second kappa shape index (κ2) is 26.5. The number of unbranched alkanes of at least 4 members (excludes halogenated alkanes) is 3. The van der Waals surface area contributed by atoms with Gasteiger partial charge in [0.05, 0.1) is 18.4 Å². The van der Waals surface area contributed by atoms with Gasteiger partial charge in [-0.15, -0.1) is 10.7 Å². The molecule has 0 saturated carbocycles. The number of aromatic nitrogens is 3. The monoisotopic (exact) mass is 1010 g/mol. The largest absolute Gasteiger partial charge is 0.370 e. The zero-order chi connectivity index (χ0) is 50.9. The number of amides is 2. The molecule has 8 heterocycles. The molecule has 3 aromatic rings. The molecule has 71 heavy (non-hydrogen) atoms. The van der Waals surface area contributed by atoms with Crippen LogP contribution in [0.4, 0.5) is 17.3 Å². The number of aryl methyl sites for hydroxylation is 2. The summed E-state index contributed by atoms with van der Waals surface area (Å²) in [6.45, 7) is 17.6. The summed E-state index contributed by atoms with van der Waals surface area (Å²) in [5, 5.41) is 0. The maximum Gasteiger partial charge on any atom is 0.237 e. The zero-order valence-corrected chi connectivity index (χ0v) is 44.6. The number of nitrogens with two attached hydrogens (primary N) is 2. The molecule has 0 spiro atoms. The summed E-state index contributed by atoms with van der Waals surface area (Å²) < 4.78 is 16.7. The molecule has 18 heteroatoms. The van der Waals surface area contributed by atoms with E-state index in [2.05, 4.69) is 93.7 Å². The number of carbonyl (C=O) groups is 2. The van der Waals surface area contributed by atoms with Crippen LogP contribution in [0.1, 0.15) is 96.6 Å². The van der Waals surface area contributed by atoms with E-state index in [0.717, 1.165) is 75.3 Å². The molecule has 4 N–H and O–H groups in total. The highest BCUT2D eigenvalue weighted by molar-refractivity contribution is 8.13. The van der Waals surface area contributed by atoms with E-state index in [1.165, 1.54) is 43.2 Å². The van der Waals surface area contributed by atoms with E-state index in [0.29, 0.717) is 71.5 Å². The lowest BCUT2D eigenvalue weighted by Crippen LogP contribution is -2.63. The smallest absolute Gasteiger partial charge is 0.237 e. The number of amidine groups is 1. The second-order valence-electron chi connectivity index (χ2n) is 18.7. The predicted molar refractivity (Wildman–Crippen MR) is 299 cm³/mol. The van der Waals surface area contributed by atoms with Crippen LogP contribution in [0.5, 0.6) is 0 Å². The Labute approximate surface area is 427 Å². The van der Waals surface area contributed by atoms with E-state index in [-0.39, 0.29) is 5.91 Å². The highest BCUT2D eigenvalue weighted by Gasteiger charge is 2.50. The quantitative estimate of drug-likeness (QED) is 0.127. The molecule has 2 atom stereocenters. The van der Waals surface area contributed by atoms with Gasteiger partial charge in [0.25, 0.3) is 0 Å². The van der Waals surface area contributed by atoms with Gasteiger partial charge in [0.2, 0.25) is 11.8 Å². The van der Waals surface area contributed by atoms with E-state index < -0.39 is 35.8 Å². The molecule has 0 aromatic carbocycles. The highest BCUT2D eigenvalue weighted by atomic mass is 32.2. The molecule has 0 bridgehead atoms. The van der Waals surface area contributed by atoms with Gasteiger partial charge in [0.1, 0.15) is 27.0 Å². The van der Waals surface area contributed by atoms with Crippen LogP contribution in [0.3, 0.4) is 0 Å². The van der Waals surface area contributed by atoms with E-state index in [9.17, 15) is 13.8 Å². The number of rotatable bonds is 16. The Morgan fingerprint density at radius 3 is 1.80 bits per heavy atom. The fourth-order valence-corrected chi connectivity index (χ4v) is 14.4. The summed E-state index contributed by atoms with van der Waals surface area (Å²) >= 11 is 0. The lowest BCUT2D eigenvalue weighted by atomic mass is 9.94. The fourth-order valence-electron chi connectivity index (χ4n) is 10.0. The van der Waals surface area contributed by atoms with Gasteiger partial charge in [-0.3, -0.25) is 28.1 Å². The molecule has 388 valence electrons. The Hall–Kier alpha value is -5.17. The SMILES string of the molecule is C=S(=O)(N1CCN(c2ccc(CCCC)cn2)CC1)C1(C(N)=O)CCN(c2cccnc2)CC1.C=S(N1CCN(c2ccc(CCCCC)cn2)CC1)C1(C(N)=O)CCN(C2=NC=CC=NC2)CC1.CC. The molecule has 0 aliphatic carbocycles. The summed E-state index contributed by atoms with van der Waals surface area (Å²) in [7, 11) is -3.39. The standard InChI is InChI=1S/C26H39N7OS.C25H36N6O2S.C2H6/c1-3-4-5-7-22-8-9-23(30-20-22)32-16-18-33(19-17-32)35(2)26(25(27)34)10-14-31(15-11-26)24-21-28-12-6-13-29-24;1-3-4-6-21-8-9-23(28-19-21)30-15-17-31(18-16-30)34(2,33)25(24(26)32)10-13-29(14-11-25)22-7-5-12-27-20-22;1-2/h6,8-9,12-13,20H,2-5,7,10-11,14-19,21H2,1H3,(H2,27,34);5,7-9,12,19-20H,2-4,6,10-11,13-18H2,1H3,(H2,26,32);1-2H3. The Balaban J connectivity index is 0.000000225. The van der Waals surface area contributed by atoms with Gasteiger partial charge in [-0.2, -0.15) is 0 Å². The van der Waals surface area contributed by atoms with Crippen molar-refractivity contribution in [3.8, 4) is 0 Å². The fraction of sp³-hybridized carbons (Fsp3) is 0.566. The summed E-state index contributed by atoms with van der Waals surface area (Å²) in [5.74, 6) is 10.8. The number of pyridine rings is 3. The topological polar surface area (TPSA) is 186 Å². The van der Waals surface area contributed by atoms with Gasteiger partial charge < -0.3 is 31.1 Å². The van der Waals surface area contributed by atoms with Gasteiger partial charge >= 0.3 is 0 Å². The second-order valence-corrected chi connectivity index (χ2v) is 23.3. The molecular weight excluding hydrogens is 931 g/mol. The van der Waals surface area contributed by atoms with Crippen LogP contribution in [-0.2, 0) is 32.1 Å². The van der Waals surface area contributed by atoms with Crippen molar-refractivity contribution in [2.24, 2.45) is 21.5 Å². The number of hydrogen-bond acceptors (Lipinski definition) is 13. The molecule has 8 rings (SSSR count). The van der Waals surface area contributed by atoms with E-state index in [4.69, 9.17) is 16.5 Å². The Bertz CT molecular complexity index is 2370. The van der Waals surface area contributed by atoms with Crippen molar-refractivity contribution in [2.45, 2.75) is 108 Å². The summed E-state index contributed by atoms with van der Waals surface area (Å²) in [6.07, 6.45) is 23.4. The molecule has 3 aromatic heterocycles. The number of primary amides is 2. The van der Waals surface area contributed by atoms with E-state index in [1.807, 2.05) is 55.0 Å². The van der Waals surface area contributed by atoms with Crippen LogP contribution in [0.15, 0.2) is 83.4 Å². The van der Waals surface area contributed by atoms with Gasteiger partial charge in [-0.05, 0) is 98.7 Å². The van der Waals surface area contributed by atoms with Crippen LogP contribution >= 0.6 is 10.7 Å². The van der Waals surface area contributed by atoms with Crippen molar-refractivity contribution in [3.05, 3.63) is 84.6 Å². The molecule has 2 amide bonds. The van der Waals surface area contributed by atoms with E-state index in [1.54, 1.807) is 18.6 Å². The van der Waals surface area contributed by atoms with Crippen molar-refractivity contribution in [1.82, 2.24) is 28.5 Å². The van der Waals surface area contributed by atoms with Crippen molar-refractivity contribution >= 4 is 73.3 Å². The minimum Gasteiger partial charge on any atom is -0.370 e. The normalized spacial score (nSPS) is 20.5. The van der Waals surface area contributed by atoms with Gasteiger partial charge in [0.15, 0.2) is 0 Å². The van der Waals surface area contributed by atoms with Crippen LogP contribution in [0, 0.1) is 0 Å². The van der Waals surface area contributed by atoms with Crippen LogP contribution in [0.25, 0.3) is 0 Å². The van der Waals surface area contributed by atoms with Gasteiger partial charge in [-0.25, -0.2) is 19.3 Å². The maximum absolute atomic E-state index is 14.1. The first-order valence-electron chi connectivity index (χ1n) is 25.9. The number of piperazine rings is 2. The van der Waals surface area contributed by atoms with Gasteiger partial charge in [0, 0.05) is 119 Å². The Morgan fingerprint density at radius 1 is 0.704 bits per heavy atom. The molecule has 16 nitrogen and oxygen atoms in total. The average molecular weight is 1010 g/mol. The van der Waals surface area contributed by atoms with Crippen molar-refractivity contribution in [2.75, 3.05) is 99.8 Å². The zero-order valence-electron chi connectivity index (χ0n) is 43.0. The van der Waals surface area contributed by atoms with Crippen LogP contribution in [-0.4, -0.2) is 163 Å². The maximum atomic E-state index is 14.1. The summed E-state index contributed by atoms with van der Waals surface area (Å²) in [4.78, 5) is 56.9. The number of piperidine rings is 2. The third-order valence-electron chi connectivity index (χ3n) is 14.6. The summed E-state index contributed by atoms with van der Waals surface area (Å²) in [5.41, 5.74) is 15.5. The minimum absolute atomic E-state index is 0.223. The van der Waals surface area contributed by atoms with Crippen molar-refractivity contribution in [3.63, 3.8) is 0 Å². The third kappa shape index (κ3) is 13.5. The molecule has 0 radical (unpaired) electrons. The van der Waals surface area contributed by atoms with Gasteiger partial charge in [-0.1, -0.05) is 65.0 Å². The minimum atomic E-state index is -2.90. The Kier molecular flexibility index (Phi) is 20.6. The van der Waals surface area contributed by atoms with E-state index >= 15 is 0 Å². The lowest BCUT2D eigenvalue weighted by molar-refractivity contribution is -0.122. The highest BCUT2D eigenvalue weighted by Crippen LogP contribution is 2.43. The van der Waals surface area contributed by atoms with Crippen LogP contribution < -0.4 is 26.2 Å².